The Kier molecular flexibility index (Phi) is 12.5. The van der Waals surface area contributed by atoms with Crippen molar-refractivity contribution >= 4 is 65.9 Å². The third kappa shape index (κ3) is 8.69. The molecule has 8 heteroatoms. The molecule has 83 heavy (non-hydrogen) atoms. The van der Waals surface area contributed by atoms with Crippen LogP contribution in [0.25, 0.3) is 122 Å². The number of aryl methyl sites for hydroxylation is 2. The molecule has 0 amide bonds. The third-order valence-corrected chi connectivity index (χ3v) is 16.6. The van der Waals surface area contributed by atoms with Gasteiger partial charge < -0.3 is 13.6 Å². The highest BCUT2D eigenvalue weighted by Crippen LogP contribution is 2.48. The summed E-state index contributed by atoms with van der Waals surface area (Å²) in [7, 11) is 0. The van der Waals surface area contributed by atoms with Gasteiger partial charge in [-0.25, -0.2) is 9.97 Å². The maximum atomic E-state index is 7.37. The summed E-state index contributed by atoms with van der Waals surface area (Å²) < 4.78 is 26.0. The molecule has 0 aliphatic carbocycles. The van der Waals surface area contributed by atoms with Crippen LogP contribution in [-0.4, -0.2) is 24.1 Å². The average Bonchev–Trinajstić information content (AvgIpc) is 2.48. The second-order valence-corrected chi connectivity index (χ2v) is 23.6. The van der Waals surface area contributed by atoms with Gasteiger partial charge in [0.25, 0.3) is 0 Å². The molecule has 0 unspecified atom stereocenters. The van der Waals surface area contributed by atoms with Gasteiger partial charge in [-0.3, -0.25) is 14.1 Å². The first-order valence-electron chi connectivity index (χ1n) is 29.2. The molecule has 0 aliphatic rings. The van der Waals surface area contributed by atoms with Gasteiger partial charge in [-0.1, -0.05) is 152 Å². The van der Waals surface area contributed by atoms with E-state index in [0.717, 1.165) is 100 Å². The van der Waals surface area contributed by atoms with Crippen LogP contribution in [-0.2, 0) is 0 Å². The van der Waals surface area contributed by atoms with E-state index in [9.17, 15) is 0 Å². The highest BCUT2D eigenvalue weighted by Gasteiger charge is 2.29. The van der Waals surface area contributed by atoms with Crippen molar-refractivity contribution in [2.45, 2.75) is 92.9 Å². The van der Waals surface area contributed by atoms with Crippen LogP contribution in [0.3, 0.4) is 0 Å². The molecular formula is C75H65N5O3. The van der Waals surface area contributed by atoms with Gasteiger partial charge >= 0.3 is 0 Å². The topological polar surface area (TPSA) is 84.0 Å². The Morgan fingerprint density at radius 2 is 0.904 bits per heavy atom. The first kappa shape index (κ1) is 51.6. The van der Waals surface area contributed by atoms with Crippen LogP contribution in [0.2, 0.25) is 0 Å². The van der Waals surface area contributed by atoms with Gasteiger partial charge in [-0.15, -0.1) is 0 Å². The summed E-state index contributed by atoms with van der Waals surface area (Å²) in [5.41, 5.74) is 22.4. The van der Waals surface area contributed by atoms with Crippen LogP contribution in [0.1, 0.15) is 113 Å². The van der Waals surface area contributed by atoms with Gasteiger partial charge in [-0.05, 0) is 167 Å². The van der Waals surface area contributed by atoms with Gasteiger partial charge in [-0.2, -0.15) is 0 Å². The van der Waals surface area contributed by atoms with E-state index in [1.54, 1.807) is 0 Å². The van der Waals surface area contributed by atoms with E-state index in [2.05, 4.69) is 240 Å². The highest BCUT2D eigenvalue weighted by molar-refractivity contribution is 6.23. The molecule has 0 radical (unpaired) electrons. The average molecular weight is 1080 g/mol. The van der Waals surface area contributed by atoms with Crippen LogP contribution >= 0.6 is 0 Å². The summed E-state index contributed by atoms with van der Waals surface area (Å²) in [6.07, 6.45) is 0. The van der Waals surface area contributed by atoms with E-state index >= 15 is 0 Å². The van der Waals surface area contributed by atoms with Crippen molar-refractivity contribution in [3.05, 3.63) is 222 Å². The second-order valence-electron chi connectivity index (χ2n) is 23.6. The molecule has 8 nitrogen and oxygen atoms in total. The normalized spacial score (nSPS) is 12.2. The Labute approximate surface area is 483 Å². The van der Waals surface area contributed by atoms with Gasteiger partial charge in [0.2, 0.25) is 0 Å². The number of rotatable bonds is 12. The molecule has 14 rings (SSSR count). The second kappa shape index (κ2) is 20.2. The maximum absolute atomic E-state index is 7.37. The number of hydrogen-bond donors (Lipinski definition) is 0. The van der Waals surface area contributed by atoms with E-state index in [-0.39, 0.29) is 23.7 Å². The lowest BCUT2D eigenvalue weighted by atomic mass is 9.88. The third-order valence-electron chi connectivity index (χ3n) is 16.6. The van der Waals surface area contributed by atoms with Crippen molar-refractivity contribution in [3.63, 3.8) is 0 Å². The molecule has 0 aliphatic heterocycles. The Morgan fingerprint density at radius 1 is 0.386 bits per heavy atom. The zero-order valence-corrected chi connectivity index (χ0v) is 48.7. The Hall–Kier alpha value is -9.53. The van der Waals surface area contributed by atoms with Crippen molar-refractivity contribution in [1.82, 2.24) is 24.1 Å². The van der Waals surface area contributed by atoms with Crippen molar-refractivity contribution < 1.29 is 13.6 Å². The number of ether oxygens (including phenoxy) is 1. The predicted molar refractivity (Wildman–Crippen MR) is 342 cm³/mol. The van der Waals surface area contributed by atoms with Gasteiger partial charge in [0, 0.05) is 33.8 Å². The number of hydrogen-bond acceptors (Lipinski definition) is 6. The lowest BCUT2D eigenvalue weighted by Gasteiger charge is -2.24. The monoisotopic (exact) mass is 1080 g/mol. The largest absolute Gasteiger partial charge is 0.457 e. The number of nitrogens with zero attached hydrogens (tertiary/aromatic N) is 5. The minimum absolute atomic E-state index is 0.173. The molecule has 0 saturated heterocycles. The number of pyridine rings is 1. The van der Waals surface area contributed by atoms with Gasteiger partial charge in [0.15, 0.2) is 0 Å². The molecule has 0 N–H and O–H groups in total. The molecule has 0 fully saturated rings. The highest BCUT2D eigenvalue weighted by atomic mass is 16.5. The van der Waals surface area contributed by atoms with E-state index in [4.69, 9.17) is 28.5 Å². The van der Waals surface area contributed by atoms with Crippen molar-refractivity contribution in [2.75, 3.05) is 0 Å². The molecule has 0 atom stereocenters. The number of imidazole rings is 2. The summed E-state index contributed by atoms with van der Waals surface area (Å²) in [6.45, 7) is 22.4. The summed E-state index contributed by atoms with van der Waals surface area (Å²) in [6, 6.07) is 66.7. The van der Waals surface area contributed by atoms with Crippen LogP contribution in [0.5, 0.6) is 11.5 Å². The van der Waals surface area contributed by atoms with Gasteiger partial charge in [0.1, 0.15) is 45.5 Å². The lowest BCUT2D eigenvalue weighted by molar-refractivity contribution is 0.483. The summed E-state index contributed by atoms with van der Waals surface area (Å²) >= 11 is 0. The molecule has 5 heterocycles. The molecule has 0 spiro atoms. The molecule has 408 valence electrons. The molecule has 0 bridgehead atoms. The number of para-hydroxylation sites is 4. The summed E-state index contributed by atoms with van der Waals surface area (Å²) in [4.78, 5) is 16.0. The van der Waals surface area contributed by atoms with E-state index in [0.29, 0.717) is 17.1 Å². The summed E-state index contributed by atoms with van der Waals surface area (Å²) in [5.74, 6) is 3.69. The Bertz CT molecular complexity index is 4800. The molecule has 0 saturated carbocycles. The zero-order chi connectivity index (χ0) is 56.9. The van der Waals surface area contributed by atoms with E-state index < -0.39 is 0 Å². The van der Waals surface area contributed by atoms with E-state index in [1.807, 2.05) is 26.0 Å². The molecule has 9 aromatic carbocycles. The number of benzene rings is 9. The maximum Gasteiger partial charge on any atom is 0.149 e. The standard InChI is InChI=1S/C75H65N5O3/c1-42(2)56-36-51(48-22-13-11-14-23-48)37-57(43(3)4)70(56)79-64-30-19-17-28-62(64)77-74(79)50-26-21-27-53(35-50)81-54-40-60-55-32-33-66-69(68-47(10)76-46(9)34-67(68)82-66)73(55)83-72(60)61(41-54)75-78-63-29-18-20-31-65(63)80(75)71-58(44(5)6)38-52(39-59(71)45(7)8)49-24-15-12-16-25-49/h11-45H,1-10H3. The Morgan fingerprint density at radius 3 is 1.47 bits per heavy atom. The number of furan rings is 2. The fourth-order valence-electron chi connectivity index (χ4n) is 12.7. The Balaban J connectivity index is 1.000. The smallest absolute Gasteiger partial charge is 0.149 e. The quantitative estimate of drug-likeness (QED) is 0.121. The van der Waals surface area contributed by atoms with Crippen LogP contribution in [0.4, 0.5) is 0 Å². The van der Waals surface area contributed by atoms with E-state index in [1.165, 1.54) is 50.2 Å². The first-order chi connectivity index (χ1) is 40.3. The van der Waals surface area contributed by atoms with Crippen LogP contribution in [0, 0.1) is 13.8 Å². The number of fused-ring (bicyclic) bond motifs is 9. The molecule has 5 aromatic heterocycles. The SMILES string of the molecule is Cc1cc2oc3ccc4c5cc(Oc6cccc(-c7nc8ccccc8n7-c7c(C(C)C)cc(-c8ccccc8)cc7C(C)C)c6)cc(-c6nc7ccccc7n6-c6c(C(C)C)cc(-c7ccccc7)cc6C(C)C)c5oc4c3c2c(C)n1. The number of aromatic nitrogens is 5. The molecule has 14 aromatic rings. The summed E-state index contributed by atoms with van der Waals surface area (Å²) in [5, 5.41) is 3.67. The van der Waals surface area contributed by atoms with Crippen molar-refractivity contribution in [2.24, 2.45) is 0 Å². The lowest BCUT2D eigenvalue weighted by Crippen LogP contribution is -2.09. The van der Waals surface area contributed by atoms with Crippen LogP contribution in [0.15, 0.2) is 197 Å². The van der Waals surface area contributed by atoms with Crippen LogP contribution < -0.4 is 4.74 Å². The van der Waals surface area contributed by atoms with Gasteiger partial charge in [0.05, 0.1) is 49.8 Å². The fourth-order valence-corrected chi connectivity index (χ4v) is 12.7. The fraction of sp³-hybridized carbons (Fsp3) is 0.187. The van der Waals surface area contributed by atoms with Crippen molar-refractivity contribution in [3.8, 4) is 67.9 Å². The minimum Gasteiger partial charge on any atom is -0.457 e. The molecular weight excluding hydrogens is 1020 g/mol. The minimum atomic E-state index is 0.173. The predicted octanol–water partition coefficient (Wildman–Crippen LogP) is 21.1. The zero-order valence-electron chi connectivity index (χ0n) is 48.7. The first-order valence-corrected chi connectivity index (χ1v) is 29.2. The van der Waals surface area contributed by atoms with Crippen molar-refractivity contribution in [1.29, 1.82) is 0 Å².